The first-order valence-electron chi connectivity index (χ1n) is 5.91. The van der Waals surface area contributed by atoms with Gasteiger partial charge < -0.3 is 9.26 Å². The zero-order valence-electron chi connectivity index (χ0n) is 11.0. The summed E-state index contributed by atoms with van der Waals surface area (Å²) in [7, 11) is -0.0869. The van der Waals surface area contributed by atoms with Crippen LogP contribution in [0.1, 0.15) is 30.1 Å². The summed E-state index contributed by atoms with van der Waals surface area (Å²) in [4.78, 5) is 11.4. The average Bonchev–Trinajstić information content (AvgIpc) is 2.44. The quantitative estimate of drug-likeness (QED) is 0.589. The summed E-state index contributed by atoms with van der Waals surface area (Å²) in [5, 5.41) is 0.571. The number of carbonyl (C=O) groups is 1. The van der Waals surface area contributed by atoms with Gasteiger partial charge in [-0.2, -0.15) is 0 Å². The predicted octanol–water partition coefficient (Wildman–Crippen LogP) is 2.82. The molecule has 0 bridgehead atoms. The van der Waals surface area contributed by atoms with Crippen molar-refractivity contribution in [3.8, 4) is 0 Å². The van der Waals surface area contributed by atoms with Crippen LogP contribution in [0.5, 0.6) is 0 Å². The third-order valence-corrected chi connectivity index (χ3v) is 5.32. The minimum absolute atomic E-state index is 0.392. The Balaban J connectivity index is 3.06. The van der Waals surface area contributed by atoms with E-state index >= 15 is 0 Å². The maximum atomic E-state index is 12.6. The van der Waals surface area contributed by atoms with Gasteiger partial charge >= 0.3 is 5.97 Å². The number of benzene rings is 1. The van der Waals surface area contributed by atoms with Gasteiger partial charge in [-0.15, -0.1) is 0 Å². The molecule has 0 aliphatic rings. The van der Waals surface area contributed by atoms with Crippen molar-refractivity contribution in [1.82, 2.24) is 0 Å². The molecule has 5 heteroatoms. The molecular weight excluding hydrogens is 251 g/mol. The van der Waals surface area contributed by atoms with Crippen LogP contribution < -0.4 is 5.30 Å². The van der Waals surface area contributed by atoms with Crippen molar-refractivity contribution >= 4 is 18.6 Å². The summed E-state index contributed by atoms with van der Waals surface area (Å²) in [5.74, 6) is -0.435. The number of unbranched alkanes of at least 4 members (excludes halogenated alkanes) is 1. The van der Waals surface area contributed by atoms with Crippen molar-refractivity contribution < 1.29 is 18.6 Å². The molecule has 0 aromatic heterocycles. The lowest BCUT2D eigenvalue weighted by Crippen LogP contribution is -2.12. The Morgan fingerprint density at radius 1 is 1.33 bits per heavy atom. The van der Waals surface area contributed by atoms with Crippen molar-refractivity contribution in [1.29, 1.82) is 0 Å². The van der Waals surface area contributed by atoms with E-state index in [1.54, 1.807) is 24.3 Å². The second-order valence-corrected chi connectivity index (χ2v) is 6.65. The summed E-state index contributed by atoms with van der Waals surface area (Å²) >= 11 is 0. The molecule has 0 saturated heterocycles. The van der Waals surface area contributed by atoms with Crippen molar-refractivity contribution in [3.63, 3.8) is 0 Å². The summed E-state index contributed by atoms with van der Waals surface area (Å²) in [6, 6.07) is 6.65. The number of esters is 1. The van der Waals surface area contributed by atoms with E-state index in [-0.39, 0.29) is 0 Å². The van der Waals surface area contributed by atoms with Gasteiger partial charge in [0.1, 0.15) is 0 Å². The van der Waals surface area contributed by atoms with Gasteiger partial charge in [0.05, 0.1) is 12.7 Å². The van der Waals surface area contributed by atoms with Crippen LogP contribution in [-0.4, -0.2) is 26.4 Å². The van der Waals surface area contributed by atoms with E-state index in [9.17, 15) is 9.36 Å². The van der Waals surface area contributed by atoms with Crippen LogP contribution in [0.25, 0.3) is 0 Å². The molecule has 100 valence electrons. The van der Waals surface area contributed by atoms with Gasteiger partial charge in [-0.25, -0.2) is 4.79 Å². The maximum absolute atomic E-state index is 12.6. The smallest absolute Gasteiger partial charge is 0.337 e. The summed E-state index contributed by atoms with van der Waals surface area (Å²) in [6.07, 6.45) is 2.27. The molecule has 18 heavy (non-hydrogen) atoms. The summed E-state index contributed by atoms with van der Waals surface area (Å²) < 4.78 is 22.5. The topological polar surface area (TPSA) is 52.6 Å². The van der Waals surface area contributed by atoms with Gasteiger partial charge in [0, 0.05) is 18.6 Å². The lowest BCUT2D eigenvalue weighted by atomic mass is 10.2. The van der Waals surface area contributed by atoms with Gasteiger partial charge in [-0.1, -0.05) is 19.4 Å². The molecule has 0 heterocycles. The largest absolute Gasteiger partial charge is 0.465 e. The second-order valence-electron chi connectivity index (χ2n) is 3.98. The molecule has 1 aromatic carbocycles. The predicted molar refractivity (Wildman–Crippen MR) is 71.8 cm³/mol. The minimum Gasteiger partial charge on any atom is -0.465 e. The molecule has 0 N–H and O–H groups in total. The van der Waals surface area contributed by atoms with Crippen molar-refractivity contribution in [3.05, 3.63) is 29.8 Å². The van der Waals surface area contributed by atoms with Crippen LogP contribution in [-0.2, 0) is 13.8 Å². The van der Waals surface area contributed by atoms with Gasteiger partial charge in [0.2, 0.25) is 7.37 Å². The van der Waals surface area contributed by atoms with E-state index in [1.807, 2.05) is 6.92 Å². The van der Waals surface area contributed by atoms with Gasteiger partial charge in [0.25, 0.3) is 0 Å². The highest BCUT2D eigenvalue weighted by molar-refractivity contribution is 7.66. The van der Waals surface area contributed by atoms with Crippen LogP contribution in [0.15, 0.2) is 24.3 Å². The molecule has 1 atom stereocenters. The van der Waals surface area contributed by atoms with Crippen LogP contribution in [0.3, 0.4) is 0 Å². The fraction of sp³-hybridized carbons (Fsp3) is 0.462. The Morgan fingerprint density at radius 3 is 2.61 bits per heavy atom. The molecule has 0 aliphatic heterocycles. The van der Waals surface area contributed by atoms with E-state index in [4.69, 9.17) is 4.52 Å². The van der Waals surface area contributed by atoms with Crippen LogP contribution in [0, 0.1) is 0 Å². The van der Waals surface area contributed by atoms with E-state index in [0.717, 1.165) is 12.8 Å². The molecule has 0 radical (unpaired) electrons. The molecule has 1 rings (SSSR count). The molecule has 0 amide bonds. The molecule has 1 aromatic rings. The normalized spacial score (nSPS) is 13.9. The lowest BCUT2D eigenvalue weighted by molar-refractivity contribution is 0.0601. The Morgan fingerprint density at radius 2 is 2.06 bits per heavy atom. The first kappa shape index (κ1) is 14.9. The summed E-state index contributed by atoms with van der Waals surface area (Å²) in [6.45, 7) is 2.03. The summed E-state index contributed by atoms with van der Waals surface area (Å²) in [5.41, 5.74) is 0.392. The first-order chi connectivity index (χ1) is 8.57. The molecule has 1 unspecified atom stereocenters. The minimum atomic E-state index is -2.85. The first-order valence-corrected chi connectivity index (χ1v) is 7.72. The molecule has 0 spiro atoms. The zero-order valence-corrected chi connectivity index (χ0v) is 11.9. The van der Waals surface area contributed by atoms with E-state index < -0.39 is 13.3 Å². The fourth-order valence-electron chi connectivity index (χ4n) is 1.65. The molecule has 0 aliphatic carbocycles. The lowest BCUT2D eigenvalue weighted by Gasteiger charge is -2.16. The third-order valence-electron chi connectivity index (χ3n) is 2.76. The highest BCUT2D eigenvalue weighted by Crippen LogP contribution is 2.45. The van der Waals surface area contributed by atoms with Gasteiger partial charge in [0.15, 0.2) is 0 Å². The number of methoxy groups -OCH3 is 1. The number of carbonyl (C=O) groups excluding carboxylic acids is 1. The zero-order chi connectivity index (χ0) is 13.6. The van der Waals surface area contributed by atoms with Crippen LogP contribution >= 0.6 is 7.37 Å². The van der Waals surface area contributed by atoms with Crippen molar-refractivity contribution in [2.24, 2.45) is 0 Å². The fourth-order valence-corrected chi connectivity index (χ4v) is 3.69. The number of hydrogen-bond donors (Lipinski definition) is 0. The number of hydrogen-bond acceptors (Lipinski definition) is 4. The maximum Gasteiger partial charge on any atom is 0.337 e. The van der Waals surface area contributed by atoms with Crippen LogP contribution in [0.2, 0.25) is 0 Å². The van der Waals surface area contributed by atoms with E-state index in [2.05, 4.69) is 4.74 Å². The highest BCUT2D eigenvalue weighted by Gasteiger charge is 2.24. The van der Waals surface area contributed by atoms with E-state index in [1.165, 1.54) is 14.2 Å². The van der Waals surface area contributed by atoms with Crippen molar-refractivity contribution in [2.45, 2.75) is 19.8 Å². The number of ether oxygens (including phenoxy) is 1. The Kier molecular flexibility index (Phi) is 5.57. The Labute approximate surface area is 108 Å². The molecule has 0 saturated carbocycles. The highest BCUT2D eigenvalue weighted by atomic mass is 31.2. The second kappa shape index (κ2) is 6.72. The average molecular weight is 270 g/mol. The number of rotatable bonds is 6. The Hall–Kier alpha value is -1.12. The van der Waals surface area contributed by atoms with Crippen molar-refractivity contribution in [2.75, 3.05) is 20.4 Å². The molecular formula is C13H19O4P. The molecule has 0 fully saturated rings. The third kappa shape index (κ3) is 3.44. The molecule has 4 nitrogen and oxygen atoms in total. The standard InChI is InChI=1S/C13H19O4P/c1-4-5-9-18(15,17-3)12-8-6-7-11(10-12)13(14)16-2/h6-8,10H,4-5,9H2,1-3H3. The SMILES string of the molecule is CCCCP(=O)(OC)c1cccc(C(=O)OC)c1. The monoisotopic (exact) mass is 270 g/mol. The van der Waals surface area contributed by atoms with E-state index in [0.29, 0.717) is 17.0 Å². The Bertz CT molecular complexity index is 456. The van der Waals surface area contributed by atoms with Gasteiger partial charge in [-0.05, 0) is 24.6 Å². The van der Waals surface area contributed by atoms with Gasteiger partial charge in [-0.3, -0.25) is 4.57 Å². The van der Waals surface area contributed by atoms with Crippen LogP contribution in [0.4, 0.5) is 0 Å².